The van der Waals surface area contributed by atoms with Crippen LogP contribution < -0.4 is 0 Å². The Kier molecular flexibility index (Phi) is 3.22. The lowest BCUT2D eigenvalue weighted by Crippen LogP contribution is -2.38. The molecule has 4 heteroatoms. The highest BCUT2D eigenvalue weighted by Crippen LogP contribution is 2.23. The number of hydrogen-bond acceptors (Lipinski definition) is 3. The second-order valence-corrected chi connectivity index (χ2v) is 5.20. The smallest absolute Gasteiger partial charge is 0.0981 e. The third kappa shape index (κ3) is 2.22. The van der Waals surface area contributed by atoms with Crippen molar-refractivity contribution >= 4 is 10.9 Å². The molecule has 3 rings (SSSR count). The normalized spacial score (nSPS) is 20.5. The van der Waals surface area contributed by atoms with Gasteiger partial charge in [0.25, 0.3) is 0 Å². The first-order valence-electron chi connectivity index (χ1n) is 6.84. The van der Waals surface area contributed by atoms with Gasteiger partial charge in [-0.25, -0.2) is 0 Å². The van der Waals surface area contributed by atoms with Crippen molar-refractivity contribution < 1.29 is 0 Å². The van der Waals surface area contributed by atoms with Gasteiger partial charge < -0.3 is 0 Å². The molecule has 0 spiro atoms. The maximum absolute atomic E-state index is 9.24. The maximum atomic E-state index is 9.24. The van der Waals surface area contributed by atoms with Crippen molar-refractivity contribution in [3.8, 4) is 6.07 Å². The molecule has 1 fully saturated rings. The van der Waals surface area contributed by atoms with Gasteiger partial charge in [0.2, 0.25) is 0 Å². The van der Waals surface area contributed by atoms with Gasteiger partial charge in [-0.2, -0.15) is 10.4 Å². The van der Waals surface area contributed by atoms with Gasteiger partial charge >= 0.3 is 0 Å². The van der Waals surface area contributed by atoms with E-state index in [0.717, 1.165) is 37.1 Å². The third-order valence-electron chi connectivity index (χ3n) is 3.95. The fraction of sp³-hybridized carbons (Fsp3) is 0.467. The van der Waals surface area contributed by atoms with Gasteiger partial charge in [-0.05, 0) is 31.9 Å². The number of nitriles is 1. The summed E-state index contributed by atoms with van der Waals surface area (Å²) in [5, 5.41) is 15.1. The third-order valence-corrected chi connectivity index (χ3v) is 3.95. The van der Waals surface area contributed by atoms with E-state index in [9.17, 15) is 5.26 Å². The summed E-state index contributed by atoms with van der Waals surface area (Å²) in [6, 6.07) is 10.8. The van der Waals surface area contributed by atoms with Crippen molar-refractivity contribution in [2.75, 3.05) is 6.54 Å². The van der Waals surface area contributed by atoms with E-state index >= 15 is 0 Å². The molecule has 2 heterocycles. The number of likely N-dealkylation sites (tertiary alicyclic amines) is 1. The van der Waals surface area contributed by atoms with E-state index in [1.807, 2.05) is 23.9 Å². The van der Waals surface area contributed by atoms with E-state index in [0.29, 0.717) is 0 Å². The molecule has 0 radical (unpaired) electrons. The van der Waals surface area contributed by atoms with E-state index < -0.39 is 0 Å². The Bertz CT molecular complexity index is 623. The van der Waals surface area contributed by atoms with E-state index in [1.54, 1.807) is 0 Å². The number of piperidine rings is 1. The molecule has 4 nitrogen and oxygen atoms in total. The Labute approximate surface area is 113 Å². The number of hydrogen-bond donors (Lipinski definition) is 0. The van der Waals surface area contributed by atoms with Crippen LogP contribution in [0.3, 0.4) is 0 Å². The molecule has 1 aliphatic rings. The zero-order chi connectivity index (χ0) is 13.2. The maximum Gasteiger partial charge on any atom is 0.0981 e. The fourth-order valence-corrected chi connectivity index (χ4v) is 2.92. The number of para-hydroxylation sites is 1. The molecule has 0 aliphatic carbocycles. The minimum atomic E-state index is 0.0505. The SMILES string of the molecule is Cn1nc(CN2CCCCC2C#N)c2ccccc21. The highest BCUT2D eigenvalue weighted by Gasteiger charge is 2.23. The fourth-order valence-electron chi connectivity index (χ4n) is 2.92. The van der Waals surface area contributed by atoms with Crippen LogP contribution in [0.25, 0.3) is 10.9 Å². The largest absolute Gasteiger partial charge is 0.282 e. The lowest BCUT2D eigenvalue weighted by Gasteiger charge is -2.30. The molecule has 1 aromatic heterocycles. The van der Waals surface area contributed by atoms with Crippen molar-refractivity contribution in [2.24, 2.45) is 7.05 Å². The van der Waals surface area contributed by atoms with Crippen molar-refractivity contribution in [2.45, 2.75) is 31.8 Å². The lowest BCUT2D eigenvalue weighted by molar-refractivity contribution is 0.174. The van der Waals surface area contributed by atoms with Crippen LogP contribution in [0.15, 0.2) is 24.3 Å². The van der Waals surface area contributed by atoms with Gasteiger partial charge in [0.05, 0.1) is 23.3 Å². The summed E-state index contributed by atoms with van der Waals surface area (Å²) in [4.78, 5) is 2.26. The first-order chi connectivity index (χ1) is 9.29. The quantitative estimate of drug-likeness (QED) is 0.827. The zero-order valence-electron chi connectivity index (χ0n) is 11.2. The molecule has 19 heavy (non-hydrogen) atoms. The predicted octanol–water partition coefficient (Wildman–Crippen LogP) is 2.45. The topological polar surface area (TPSA) is 44.9 Å². The van der Waals surface area contributed by atoms with Gasteiger partial charge in [-0.15, -0.1) is 0 Å². The Morgan fingerprint density at radius 3 is 3.05 bits per heavy atom. The molecule has 1 aromatic carbocycles. The Morgan fingerprint density at radius 2 is 2.21 bits per heavy atom. The number of aryl methyl sites for hydroxylation is 1. The van der Waals surface area contributed by atoms with Crippen molar-refractivity contribution in [3.63, 3.8) is 0 Å². The molecular formula is C15H18N4. The van der Waals surface area contributed by atoms with Gasteiger partial charge in [-0.1, -0.05) is 18.2 Å². The monoisotopic (exact) mass is 254 g/mol. The summed E-state index contributed by atoms with van der Waals surface area (Å²) < 4.78 is 1.93. The minimum Gasteiger partial charge on any atom is -0.282 e. The summed E-state index contributed by atoms with van der Waals surface area (Å²) in [6.45, 7) is 1.78. The van der Waals surface area contributed by atoms with Crippen molar-refractivity contribution in [3.05, 3.63) is 30.0 Å². The zero-order valence-corrected chi connectivity index (χ0v) is 11.2. The molecule has 1 atom stereocenters. The number of rotatable bonds is 2. The van der Waals surface area contributed by atoms with E-state index in [-0.39, 0.29) is 6.04 Å². The lowest BCUT2D eigenvalue weighted by atomic mass is 10.0. The summed E-state index contributed by atoms with van der Waals surface area (Å²) in [5.41, 5.74) is 2.24. The van der Waals surface area contributed by atoms with Crippen LogP contribution in [0.5, 0.6) is 0 Å². The molecule has 1 aliphatic heterocycles. The first kappa shape index (κ1) is 12.2. The standard InChI is InChI=1S/C15H18N4/c1-18-15-8-3-2-7-13(15)14(17-18)11-19-9-5-4-6-12(19)10-16/h2-3,7-8,12H,4-6,9,11H2,1H3. The summed E-state index contributed by atoms with van der Waals surface area (Å²) in [5.74, 6) is 0. The van der Waals surface area contributed by atoms with E-state index in [4.69, 9.17) is 0 Å². The molecule has 0 N–H and O–H groups in total. The molecule has 98 valence electrons. The van der Waals surface area contributed by atoms with Crippen LogP contribution in [0.2, 0.25) is 0 Å². The molecule has 0 saturated carbocycles. The molecule has 0 bridgehead atoms. The van der Waals surface area contributed by atoms with Gasteiger partial charge in [-0.3, -0.25) is 9.58 Å². The second-order valence-electron chi connectivity index (χ2n) is 5.20. The summed E-state index contributed by atoms with van der Waals surface area (Å²) in [7, 11) is 1.98. The predicted molar refractivity (Wildman–Crippen MR) is 74.4 cm³/mol. The van der Waals surface area contributed by atoms with Gasteiger partial charge in [0.15, 0.2) is 0 Å². The molecule has 0 amide bonds. The van der Waals surface area contributed by atoms with Crippen molar-refractivity contribution in [1.29, 1.82) is 5.26 Å². The van der Waals surface area contributed by atoms with Crippen molar-refractivity contribution in [1.82, 2.24) is 14.7 Å². The van der Waals surface area contributed by atoms with Gasteiger partial charge in [0.1, 0.15) is 0 Å². The van der Waals surface area contributed by atoms with Gasteiger partial charge in [0, 0.05) is 19.0 Å². The number of fused-ring (bicyclic) bond motifs is 1. The summed E-state index contributed by atoms with van der Waals surface area (Å²) in [6.07, 6.45) is 3.34. The molecular weight excluding hydrogens is 236 g/mol. The molecule has 1 saturated heterocycles. The Morgan fingerprint density at radius 1 is 1.37 bits per heavy atom. The molecule has 1 unspecified atom stereocenters. The van der Waals surface area contributed by atoms with E-state index in [1.165, 1.54) is 11.8 Å². The van der Waals surface area contributed by atoms with Crippen LogP contribution in [0.1, 0.15) is 25.0 Å². The van der Waals surface area contributed by atoms with Crippen LogP contribution in [0.4, 0.5) is 0 Å². The second kappa shape index (κ2) is 5.02. The van der Waals surface area contributed by atoms with Crippen LogP contribution in [-0.2, 0) is 13.6 Å². The Balaban J connectivity index is 1.91. The van der Waals surface area contributed by atoms with Crippen LogP contribution in [0, 0.1) is 11.3 Å². The van der Waals surface area contributed by atoms with Crippen LogP contribution in [-0.4, -0.2) is 27.3 Å². The number of nitrogens with zero attached hydrogens (tertiary/aromatic N) is 4. The summed E-state index contributed by atoms with van der Waals surface area (Å²) >= 11 is 0. The molecule has 2 aromatic rings. The average Bonchev–Trinajstić information content (AvgIpc) is 2.77. The number of benzene rings is 1. The average molecular weight is 254 g/mol. The highest BCUT2D eigenvalue weighted by atomic mass is 15.3. The van der Waals surface area contributed by atoms with Crippen LogP contribution >= 0.6 is 0 Å². The highest BCUT2D eigenvalue weighted by molar-refractivity contribution is 5.81. The van der Waals surface area contributed by atoms with E-state index in [2.05, 4.69) is 28.2 Å². The first-order valence-corrected chi connectivity index (χ1v) is 6.84. The number of aromatic nitrogens is 2. The Hall–Kier alpha value is -1.86. The minimum absolute atomic E-state index is 0.0505.